The molecule has 7 heteroatoms. The second-order valence-corrected chi connectivity index (χ2v) is 8.69. The van der Waals surface area contributed by atoms with Crippen molar-refractivity contribution in [1.82, 2.24) is 4.90 Å². The first-order valence-corrected chi connectivity index (χ1v) is 10.1. The number of allylic oxidation sites excluding steroid dienone is 1. The maximum Gasteiger partial charge on any atom is 0.266 e. The molecule has 1 heterocycles. The first kappa shape index (κ1) is 18.5. The normalized spacial score (nSPS) is 15.9. The molecule has 0 aromatic heterocycles. The fourth-order valence-corrected chi connectivity index (χ4v) is 4.31. The molecular weight excluding hydrogens is 486 g/mol. The number of hydrogen-bond acceptors (Lipinski definition) is 4. The molecule has 0 saturated carbocycles. The number of thioether (sulfide) groups is 1. The van der Waals surface area contributed by atoms with E-state index in [4.69, 9.17) is 12.2 Å². The van der Waals surface area contributed by atoms with Crippen LogP contribution in [0.25, 0.3) is 0 Å². The third-order valence-electron chi connectivity index (χ3n) is 3.51. The van der Waals surface area contributed by atoms with E-state index in [9.17, 15) is 9.59 Å². The van der Waals surface area contributed by atoms with Gasteiger partial charge < -0.3 is 0 Å². The molecule has 0 aliphatic carbocycles. The van der Waals surface area contributed by atoms with Crippen molar-refractivity contribution >= 4 is 71.9 Å². The number of nitrogens with zero attached hydrogens (tertiary/aromatic N) is 1. The van der Waals surface area contributed by atoms with Crippen molar-refractivity contribution in [2.75, 3.05) is 0 Å². The standard InChI is InChI=1S/C18H11Br2NO2S2/c19-12-6-7-14(20)13(8-12)15(22)9-16-17(23)21(18(24)25-16)10-11-4-2-1-3-5-11/h1-9H,10H2/b16-9-. The van der Waals surface area contributed by atoms with Crippen LogP contribution in [0, 0.1) is 0 Å². The van der Waals surface area contributed by atoms with Crippen LogP contribution in [0.15, 0.2) is 68.5 Å². The van der Waals surface area contributed by atoms with Crippen LogP contribution in [0.2, 0.25) is 0 Å². The highest BCUT2D eigenvalue weighted by atomic mass is 79.9. The number of rotatable bonds is 4. The van der Waals surface area contributed by atoms with E-state index >= 15 is 0 Å². The Morgan fingerprint density at radius 2 is 1.88 bits per heavy atom. The minimum atomic E-state index is -0.242. The van der Waals surface area contributed by atoms with Crippen LogP contribution < -0.4 is 0 Å². The number of carbonyl (C=O) groups excluding carboxylic acids is 2. The molecule has 2 aromatic carbocycles. The van der Waals surface area contributed by atoms with Gasteiger partial charge in [0.05, 0.1) is 11.4 Å². The lowest BCUT2D eigenvalue weighted by Crippen LogP contribution is -2.27. The fourth-order valence-electron chi connectivity index (χ4n) is 2.29. The molecule has 0 unspecified atom stereocenters. The van der Waals surface area contributed by atoms with Crippen LogP contribution in [0.3, 0.4) is 0 Å². The van der Waals surface area contributed by atoms with Gasteiger partial charge in [-0.1, -0.05) is 86.2 Å². The van der Waals surface area contributed by atoms with Gasteiger partial charge in [-0.25, -0.2) is 0 Å². The van der Waals surface area contributed by atoms with E-state index in [0.29, 0.717) is 25.8 Å². The molecule has 1 amide bonds. The van der Waals surface area contributed by atoms with E-state index in [2.05, 4.69) is 31.9 Å². The number of ketones is 1. The summed E-state index contributed by atoms with van der Waals surface area (Å²) >= 11 is 13.2. The molecule has 0 atom stereocenters. The predicted molar refractivity (Wildman–Crippen MR) is 111 cm³/mol. The summed E-state index contributed by atoms with van der Waals surface area (Å²) in [5, 5.41) is 0. The fraction of sp³-hybridized carbons (Fsp3) is 0.0556. The predicted octanol–water partition coefficient (Wildman–Crippen LogP) is 5.34. The van der Waals surface area contributed by atoms with Crippen LogP contribution in [0.5, 0.6) is 0 Å². The number of hydrogen-bond donors (Lipinski definition) is 0. The minimum Gasteiger partial charge on any atom is -0.289 e. The van der Waals surface area contributed by atoms with Crippen LogP contribution in [-0.4, -0.2) is 20.9 Å². The summed E-state index contributed by atoms with van der Waals surface area (Å²) in [6.07, 6.45) is 1.36. The highest BCUT2D eigenvalue weighted by Gasteiger charge is 2.32. The van der Waals surface area contributed by atoms with Gasteiger partial charge in [-0.15, -0.1) is 0 Å². The van der Waals surface area contributed by atoms with Crippen molar-refractivity contribution in [3.8, 4) is 0 Å². The molecule has 3 rings (SSSR count). The van der Waals surface area contributed by atoms with Crippen LogP contribution in [0.1, 0.15) is 15.9 Å². The number of thiocarbonyl (C=S) groups is 1. The Hall–Kier alpha value is -1.28. The Bertz CT molecular complexity index is 897. The van der Waals surface area contributed by atoms with E-state index in [1.54, 1.807) is 12.1 Å². The lowest BCUT2D eigenvalue weighted by atomic mass is 10.1. The van der Waals surface area contributed by atoms with Crippen molar-refractivity contribution in [1.29, 1.82) is 0 Å². The molecule has 1 saturated heterocycles. The topological polar surface area (TPSA) is 37.4 Å². The average Bonchev–Trinajstić information content (AvgIpc) is 2.85. The molecule has 0 radical (unpaired) electrons. The molecule has 0 bridgehead atoms. The maximum atomic E-state index is 12.6. The molecule has 3 nitrogen and oxygen atoms in total. The molecule has 0 spiro atoms. The van der Waals surface area contributed by atoms with Gasteiger partial charge in [0.15, 0.2) is 5.78 Å². The first-order valence-electron chi connectivity index (χ1n) is 7.24. The van der Waals surface area contributed by atoms with Crippen molar-refractivity contribution in [2.24, 2.45) is 0 Å². The van der Waals surface area contributed by atoms with Gasteiger partial charge in [-0.3, -0.25) is 14.5 Å². The van der Waals surface area contributed by atoms with Gasteiger partial charge in [0.25, 0.3) is 5.91 Å². The van der Waals surface area contributed by atoms with Crippen LogP contribution in [0.4, 0.5) is 0 Å². The second kappa shape index (κ2) is 7.95. The molecule has 0 N–H and O–H groups in total. The molecule has 126 valence electrons. The quantitative estimate of drug-likeness (QED) is 0.325. The van der Waals surface area contributed by atoms with E-state index in [1.807, 2.05) is 36.4 Å². The molecule has 25 heavy (non-hydrogen) atoms. The van der Waals surface area contributed by atoms with E-state index in [0.717, 1.165) is 21.8 Å². The summed E-state index contributed by atoms with van der Waals surface area (Å²) in [6.45, 7) is 0.400. The lowest BCUT2D eigenvalue weighted by molar-refractivity contribution is -0.122. The van der Waals surface area contributed by atoms with Gasteiger partial charge in [-0.2, -0.15) is 0 Å². The Labute approximate surface area is 171 Å². The Morgan fingerprint density at radius 1 is 1.16 bits per heavy atom. The van der Waals surface area contributed by atoms with E-state index < -0.39 is 0 Å². The lowest BCUT2D eigenvalue weighted by Gasteiger charge is -2.14. The second-order valence-electron chi connectivity index (χ2n) is 5.24. The summed E-state index contributed by atoms with van der Waals surface area (Å²) in [7, 11) is 0. The Kier molecular flexibility index (Phi) is 5.89. The van der Waals surface area contributed by atoms with Gasteiger partial charge in [0, 0.05) is 20.6 Å². The third-order valence-corrected chi connectivity index (χ3v) is 6.08. The monoisotopic (exact) mass is 495 g/mol. The summed E-state index contributed by atoms with van der Waals surface area (Å²) in [4.78, 5) is 27.0. The minimum absolute atomic E-state index is 0.238. The van der Waals surface area contributed by atoms with E-state index in [-0.39, 0.29) is 11.7 Å². The molecule has 1 aliphatic heterocycles. The SMILES string of the molecule is O=C(/C=C1\SC(=S)N(Cc2ccccc2)C1=O)c1cc(Br)ccc1Br. The van der Waals surface area contributed by atoms with Crippen molar-refractivity contribution < 1.29 is 9.59 Å². The molecular formula is C18H11Br2NO2S2. The van der Waals surface area contributed by atoms with Gasteiger partial charge >= 0.3 is 0 Å². The van der Waals surface area contributed by atoms with Crippen LogP contribution >= 0.6 is 55.8 Å². The van der Waals surface area contributed by atoms with Crippen molar-refractivity contribution in [2.45, 2.75) is 6.54 Å². The first-order chi connectivity index (χ1) is 12.0. The summed E-state index contributed by atoms with van der Waals surface area (Å²) in [5.74, 6) is -0.480. The van der Waals surface area contributed by atoms with Crippen molar-refractivity contribution in [3.05, 3.63) is 79.6 Å². The van der Waals surface area contributed by atoms with Gasteiger partial charge in [-0.05, 0) is 23.8 Å². The summed E-state index contributed by atoms with van der Waals surface area (Å²) in [5.41, 5.74) is 1.48. The largest absolute Gasteiger partial charge is 0.289 e. The van der Waals surface area contributed by atoms with Crippen LogP contribution in [-0.2, 0) is 11.3 Å². The zero-order valence-electron chi connectivity index (χ0n) is 12.7. The zero-order chi connectivity index (χ0) is 18.0. The number of carbonyl (C=O) groups is 2. The third kappa shape index (κ3) is 4.28. The van der Waals surface area contributed by atoms with E-state index in [1.165, 1.54) is 11.0 Å². The molecule has 1 fully saturated rings. The van der Waals surface area contributed by atoms with Crippen molar-refractivity contribution in [3.63, 3.8) is 0 Å². The number of amides is 1. The maximum absolute atomic E-state index is 12.6. The highest BCUT2D eigenvalue weighted by molar-refractivity contribution is 9.11. The Morgan fingerprint density at radius 3 is 2.60 bits per heavy atom. The highest BCUT2D eigenvalue weighted by Crippen LogP contribution is 2.33. The zero-order valence-corrected chi connectivity index (χ0v) is 17.5. The van der Waals surface area contributed by atoms with Gasteiger partial charge in [0.1, 0.15) is 4.32 Å². The summed E-state index contributed by atoms with van der Waals surface area (Å²) in [6, 6.07) is 15.0. The number of halogens is 2. The molecule has 2 aromatic rings. The average molecular weight is 497 g/mol. The summed E-state index contributed by atoms with van der Waals surface area (Å²) < 4.78 is 1.93. The smallest absolute Gasteiger partial charge is 0.266 e. The Balaban J connectivity index is 1.82. The molecule has 1 aliphatic rings. The number of benzene rings is 2. The van der Waals surface area contributed by atoms with Gasteiger partial charge in [0.2, 0.25) is 0 Å².